The zero-order chi connectivity index (χ0) is 16.3. The second-order valence-corrected chi connectivity index (χ2v) is 6.28. The summed E-state index contributed by atoms with van der Waals surface area (Å²) < 4.78 is 0. The molecule has 2 rings (SSSR count). The van der Waals surface area contributed by atoms with Crippen LogP contribution in [0.2, 0.25) is 0 Å². The number of H-pyrrole nitrogens is 1. The van der Waals surface area contributed by atoms with Gasteiger partial charge in [0.15, 0.2) is 0 Å². The van der Waals surface area contributed by atoms with Crippen LogP contribution >= 0.6 is 0 Å². The molecule has 2 N–H and O–H groups in total. The van der Waals surface area contributed by atoms with Crippen LogP contribution in [-0.4, -0.2) is 22.0 Å². The van der Waals surface area contributed by atoms with Crippen LogP contribution in [0.15, 0.2) is 24.3 Å². The number of benzene rings is 1. The Kier molecular flexibility index (Phi) is 7.81. The van der Waals surface area contributed by atoms with Gasteiger partial charge in [0.1, 0.15) is 11.4 Å². The van der Waals surface area contributed by atoms with Crippen LogP contribution in [0, 0.1) is 6.92 Å². The fraction of sp³-hybridized carbons (Fsp3) is 0.579. The fourth-order valence-corrected chi connectivity index (χ4v) is 2.73. The quantitative estimate of drug-likeness (QED) is 0.595. The molecule has 23 heavy (non-hydrogen) atoms. The van der Waals surface area contributed by atoms with Gasteiger partial charge in [-0.1, -0.05) is 75.3 Å². The molecule has 0 aliphatic rings. The summed E-state index contributed by atoms with van der Waals surface area (Å²) in [6.45, 7) is 6.18. The molecule has 4 nitrogen and oxygen atoms in total. The number of hydrogen-bond acceptors (Lipinski definition) is 3. The van der Waals surface area contributed by atoms with Gasteiger partial charge in [0.25, 0.3) is 0 Å². The number of nitrogens with one attached hydrogen (secondary N) is 2. The average Bonchev–Trinajstić information content (AvgIpc) is 3.02. The van der Waals surface area contributed by atoms with E-state index in [1.165, 1.54) is 50.5 Å². The molecule has 126 valence electrons. The average molecular weight is 314 g/mol. The summed E-state index contributed by atoms with van der Waals surface area (Å²) in [5, 5.41) is 14.8. The van der Waals surface area contributed by atoms with Crippen LogP contribution < -0.4 is 5.32 Å². The highest BCUT2D eigenvalue weighted by molar-refractivity contribution is 5.61. The van der Waals surface area contributed by atoms with E-state index in [1.54, 1.807) is 0 Å². The van der Waals surface area contributed by atoms with Crippen molar-refractivity contribution >= 4 is 0 Å². The molecule has 0 radical (unpaired) electrons. The molecule has 0 atom stereocenters. The van der Waals surface area contributed by atoms with E-state index in [4.69, 9.17) is 0 Å². The Morgan fingerprint density at radius 1 is 0.913 bits per heavy atom. The third-order valence-corrected chi connectivity index (χ3v) is 4.19. The van der Waals surface area contributed by atoms with E-state index in [-0.39, 0.29) is 0 Å². The van der Waals surface area contributed by atoms with Gasteiger partial charge in [-0.3, -0.25) is 0 Å². The summed E-state index contributed by atoms with van der Waals surface area (Å²) in [5.41, 5.74) is 4.33. The minimum atomic E-state index is 0.773. The Morgan fingerprint density at radius 3 is 2.35 bits per heavy atom. The largest absolute Gasteiger partial charge is 0.311 e. The number of unbranched alkanes of at least 4 members (excludes halogenated alkanes) is 6. The van der Waals surface area contributed by atoms with Crippen LogP contribution in [0.25, 0.3) is 11.3 Å². The van der Waals surface area contributed by atoms with Crippen molar-refractivity contribution in [2.45, 2.75) is 65.3 Å². The minimum absolute atomic E-state index is 0.773. The first-order valence-corrected chi connectivity index (χ1v) is 8.98. The molecule has 1 aromatic heterocycles. The van der Waals surface area contributed by atoms with Crippen LogP contribution in [0.3, 0.4) is 0 Å². The molecule has 0 saturated carbocycles. The molecule has 0 aliphatic heterocycles. The summed E-state index contributed by atoms with van der Waals surface area (Å²) in [5.74, 6) is 0. The predicted molar refractivity (Wildman–Crippen MR) is 96.3 cm³/mol. The number of nitrogens with zero attached hydrogens (tertiary/aromatic N) is 2. The summed E-state index contributed by atoms with van der Waals surface area (Å²) in [6.07, 6.45) is 9.40. The van der Waals surface area contributed by atoms with Crippen molar-refractivity contribution in [3.05, 3.63) is 35.5 Å². The van der Waals surface area contributed by atoms with Crippen molar-refractivity contribution in [2.24, 2.45) is 0 Å². The van der Waals surface area contributed by atoms with Gasteiger partial charge in [0.05, 0.1) is 0 Å². The van der Waals surface area contributed by atoms with Crippen LogP contribution in [-0.2, 0) is 6.54 Å². The monoisotopic (exact) mass is 314 g/mol. The molecule has 0 bridgehead atoms. The molecular formula is C19H30N4. The summed E-state index contributed by atoms with van der Waals surface area (Å²) in [6, 6.07) is 8.43. The SMILES string of the molecule is CCCCCCCCCNCc1n[nH]nc1-c1ccc(C)cc1. The van der Waals surface area contributed by atoms with E-state index in [1.807, 2.05) is 0 Å². The lowest BCUT2D eigenvalue weighted by atomic mass is 10.1. The Balaban J connectivity index is 1.67. The summed E-state index contributed by atoms with van der Waals surface area (Å²) >= 11 is 0. The minimum Gasteiger partial charge on any atom is -0.311 e. The standard InChI is InChI=1S/C19H30N4/c1-3-4-5-6-7-8-9-14-20-15-18-19(22-23-21-18)17-12-10-16(2)11-13-17/h10-13,20H,3-9,14-15H2,1-2H3,(H,21,22,23). The van der Waals surface area contributed by atoms with Gasteiger partial charge in [0.2, 0.25) is 0 Å². The molecule has 0 aliphatic carbocycles. The Hall–Kier alpha value is -1.68. The summed E-state index contributed by atoms with van der Waals surface area (Å²) in [7, 11) is 0. The maximum Gasteiger partial charge on any atom is 0.117 e. The molecule has 0 unspecified atom stereocenters. The zero-order valence-electron chi connectivity index (χ0n) is 14.6. The number of aromatic nitrogens is 3. The maximum atomic E-state index is 4.30. The molecule has 0 fully saturated rings. The van der Waals surface area contributed by atoms with Crippen LogP contribution in [0.4, 0.5) is 0 Å². The van der Waals surface area contributed by atoms with Crippen molar-refractivity contribution in [1.29, 1.82) is 0 Å². The lowest BCUT2D eigenvalue weighted by molar-refractivity contribution is 0.560. The van der Waals surface area contributed by atoms with Gasteiger partial charge in [-0.05, 0) is 19.9 Å². The first-order valence-electron chi connectivity index (χ1n) is 8.98. The zero-order valence-corrected chi connectivity index (χ0v) is 14.6. The molecule has 4 heteroatoms. The Morgan fingerprint density at radius 2 is 1.61 bits per heavy atom. The van der Waals surface area contributed by atoms with E-state index in [0.717, 1.165) is 30.0 Å². The van der Waals surface area contributed by atoms with E-state index in [9.17, 15) is 0 Å². The third kappa shape index (κ3) is 6.14. The molecule has 1 aromatic carbocycles. The molecule has 0 saturated heterocycles. The number of aromatic amines is 1. The van der Waals surface area contributed by atoms with Crippen molar-refractivity contribution in [3.8, 4) is 11.3 Å². The van der Waals surface area contributed by atoms with Gasteiger partial charge in [0, 0.05) is 12.1 Å². The second-order valence-electron chi connectivity index (χ2n) is 6.28. The molecule has 1 heterocycles. The molecular weight excluding hydrogens is 284 g/mol. The Labute approximate surface area is 140 Å². The van der Waals surface area contributed by atoms with Crippen LogP contribution in [0.5, 0.6) is 0 Å². The summed E-state index contributed by atoms with van der Waals surface area (Å²) in [4.78, 5) is 0. The topological polar surface area (TPSA) is 53.6 Å². The highest BCUT2D eigenvalue weighted by Gasteiger charge is 2.09. The molecule has 0 spiro atoms. The van der Waals surface area contributed by atoms with Gasteiger partial charge in [-0.2, -0.15) is 15.4 Å². The van der Waals surface area contributed by atoms with E-state index < -0.39 is 0 Å². The third-order valence-electron chi connectivity index (χ3n) is 4.19. The number of hydrogen-bond donors (Lipinski definition) is 2. The predicted octanol–water partition coefficient (Wildman–Crippen LogP) is 4.62. The van der Waals surface area contributed by atoms with Gasteiger partial charge < -0.3 is 5.32 Å². The first kappa shape index (κ1) is 17.7. The van der Waals surface area contributed by atoms with Gasteiger partial charge in [-0.25, -0.2) is 0 Å². The van der Waals surface area contributed by atoms with Crippen LogP contribution in [0.1, 0.15) is 63.1 Å². The fourth-order valence-electron chi connectivity index (χ4n) is 2.73. The number of rotatable bonds is 11. The van der Waals surface area contributed by atoms with Crippen molar-refractivity contribution in [1.82, 2.24) is 20.7 Å². The molecule has 2 aromatic rings. The lowest BCUT2D eigenvalue weighted by Crippen LogP contribution is -2.15. The van der Waals surface area contributed by atoms with E-state index >= 15 is 0 Å². The Bertz CT molecular complexity index is 545. The highest BCUT2D eigenvalue weighted by Crippen LogP contribution is 2.19. The highest BCUT2D eigenvalue weighted by atomic mass is 15.3. The first-order chi connectivity index (χ1) is 11.3. The van der Waals surface area contributed by atoms with Crippen molar-refractivity contribution in [3.63, 3.8) is 0 Å². The smallest absolute Gasteiger partial charge is 0.117 e. The van der Waals surface area contributed by atoms with Crippen molar-refractivity contribution < 1.29 is 0 Å². The van der Waals surface area contributed by atoms with E-state index in [2.05, 4.69) is 58.8 Å². The molecule has 0 amide bonds. The second kappa shape index (κ2) is 10.2. The van der Waals surface area contributed by atoms with Gasteiger partial charge in [-0.15, -0.1) is 0 Å². The maximum absolute atomic E-state index is 4.30. The number of aryl methyl sites for hydroxylation is 1. The van der Waals surface area contributed by atoms with Gasteiger partial charge >= 0.3 is 0 Å². The lowest BCUT2D eigenvalue weighted by Gasteiger charge is -2.05. The normalized spacial score (nSPS) is 11.0. The van der Waals surface area contributed by atoms with Crippen molar-refractivity contribution in [2.75, 3.05) is 6.54 Å². The van der Waals surface area contributed by atoms with E-state index in [0.29, 0.717) is 0 Å².